The third-order valence-electron chi connectivity index (χ3n) is 4.58. The van der Waals surface area contributed by atoms with Gasteiger partial charge in [0.05, 0.1) is 30.4 Å². The number of fused-ring (bicyclic) bond motifs is 1. The van der Waals surface area contributed by atoms with Gasteiger partial charge < -0.3 is 19.0 Å². The Morgan fingerprint density at radius 1 is 1.18 bits per heavy atom. The van der Waals surface area contributed by atoms with Crippen LogP contribution in [0.5, 0.6) is 5.75 Å². The van der Waals surface area contributed by atoms with Crippen molar-refractivity contribution in [3.05, 3.63) is 71.7 Å². The van der Waals surface area contributed by atoms with Gasteiger partial charge in [0.2, 0.25) is 5.76 Å². The molecule has 0 aliphatic heterocycles. The SMILES string of the molecule is COc1ccc(CN(C(=O)c2ocnc2C)c2ccc3nc(C)[nH]c3c2)cc1. The lowest BCUT2D eigenvalue weighted by Gasteiger charge is -2.22. The highest BCUT2D eigenvalue weighted by atomic mass is 16.5. The number of aryl methyl sites for hydroxylation is 2. The van der Waals surface area contributed by atoms with Crippen LogP contribution in [-0.2, 0) is 6.54 Å². The van der Waals surface area contributed by atoms with Gasteiger partial charge in [-0.05, 0) is 49.7 Å². The quantitative estimate of drug-likeness (QED) is 0.569. The molecule has 4 rings (SSSR count). The third-order valence-corrected chi connectivity index (χ3v) is 4.58. The van der Waals surface area contributed by atoms with Crippen LogP contribution >= 0.6 is 0 Å². The third kappa shape index (κ3) is 3.34. The largest absolute Gasteiger partial charge is 0.497 e. The molecule has 1 amide bonds. The molecule has 0 spiro atoms. The Bertz CT molecular complexity index is 1130. The molecule has 1 N–H and O–H groups in total. The van der Waals surface area contributed by atoms with Crippen LogP contribution in [0.4, 0.5) is 5.69 Å². The van der Waals surface area contributed by atoms with E-state index in [2.05, 4.69) is 15.0 Å². The first-order chi connectivity index (χ1) is 13.5. The second-order valence-corrected chi connectivity index (χ2v) is 6.53. The molecule has 7 heteroatoms. The zero-order valence-electron chi connectivity index (χ0n) is 15.9. The molecule has 0 radical (unpaired) electrons. The lowest BCUT2D eigenvalue weighted by molar-refractivity contribution is 0.0957. The number of methoxy groups -OCH3 is 1. The first-order valence-electron chi connectivity index (χ1n) is 8.86. The van der Waals surface area contributed by atoms with Gasteiger partial charge in [-0.1, -0.05) is 12.1 Å². The molecule has 0 fully saturated rings. The molecule has 2 aromatic carbocycles. The molecule has 4 aromatic rings. The summed E-state index contributed by atoms with van der Waals surface area (Å²) in [6.07, 6.45) is 1.29. The number of carbonyl (C=O) groups is 1. The van der Waals surface area contributed by atoms with Crippen LogP contribution in [0.2, 0.25) is 0 Å². The minimum absolute atomic E-state index is 0.231. The lowest BCUT2D eigenvalue weighted by atomic mass is 10.1. The smallest absolute Gasteiger partial charge is 0.296 e. The number of aromatic nitrogens is 3. The second kappa shape index (κ2) is 7.19. The Hall–Kier alpha value is -3.61. The van der Waals surface area contributed by atoms with Gasteiger partial charge in [0.15, 0.2) is 6.39 Å². The van der Waals surface area contributed by atoms with Gasteiger partial charge in [-0.2, -0.15) is 0 Å². The summed E-state index contributed by atoms with van der Waals surface area (Å²) >= 11 is 0. The standard InChI is InChI=1S/C21H20N4O3/c1-13-20(28-12-22-13)21(26)25(11-15-4-7-17(27-3)8-5-15)16-6-9-18-19(10-16)24-14(2)23-18/h4-10,12H,11H2,1-3H3,(H,23,24). The van der Waals surface area contributed by atoms with E-state index in [0.717, 1.165) is 33.9 Å². The van der Waals surface area contributed by atoms with E-state index in [0.29, 0.717) is 12.2 Å². The fraction of sp³-hybridized carbons (Fsp3) is 0.190. The van der Waals surface area contributed by atoms with Crippen molar-refractivity contribution in [3.63, 3.8) is 0 Å². The van der Waals surface area contributed by atoms with E-state index in [-0.39, 0.29) is 11.7 Å². The summed E-state index contributed by atoms with van der Waals surface area (Å²) in [5.41, 5.74) is 3.99. The number of carbonyl (C=O) groups excluding carboxylic acids is 1. The highest BCUT2D eigenvalue weighted by molar-refractivity contribution is 6.05. The summed E-state index contributed by atoms with van der Waals surface area (Å²) in [5.74, 6) is 1.57. The zero-order chi connectivity index (χ0) is 19.7. The number of H-pyrrole nitrogens is 1. The average molecular weight is 376 g/mol. The highest BCUT2D eigenvalue weighted by Gasteiger charge is 2.24. The van der Waals surface area contributed by atoms with E-state index in [9.17, 15) is 4.79 Å². The number of nitrogens with zero attached hydrogens (tertiary/aromatic N) is 3. The number of imidazole rings is 1. The van der Waals surface area contributed by atoms with Gasteiger partial charge in [0.25, 0.3) is 5.91 Å². The van der Waals surface area contributed by atoms with Crippen molar-refractivity contribution in [2.75, 3.05) is 12.0 Å². The summed E-state index contributed by atoms with van der Waals surface area (Å²) in [6, 6.07) is 13.3. The van der Waals surface area contributed by atoms with Crippen molar-refractivity contribution >= 4 is 22.6 Å². The fourth-order valence-corrected chi connectivity index (χ4v) is 3.12. The number of amides is 1. The Kier molecular flexibility index (Phi) is 4.57. The van der Waals surface area contributed by atoms with Gasteiger partial charge in [0, 0.05) is 5.69 Å². The Morgan fingerprint density at radius 2 is 1.96 bits per heavy atom. The van der Waals surface area contributed by atoms with Crippen LogP contribution in [0, 0.1) is 13.8 Å². The molecule has 2 heterocycles. The van der Waals surface area contributed by atoms with Crippen molar-refractivity contribution in [3.8, 4) is 5.75 Å². The number of rotatable bonds is 5. The summed E-state index contributed by atoms with van der Waals surface area (Å²) in [6.45, 7) is 4.03. The molecule has 0 aliphatic rings. The van der Waals surface area contributed by atoms with E-state index in [1.807, 2.05) is 49.4 Å². The maximum absolute atomic E-state index is 13.2. The number of hydrogen-bond acceptors (Lipinski definition) is 5. The van der Waals surface area contributed by atoms with Crippen molar-refractivity contribution in [1.29, 1.82) is 0 Å². The van der Waals surface area contributed by atoms with Crippen molar-refractivity contribution < 1.29 is 13.9 Å². The minimum Gasteiger partial charge on any atom is -0.497 e. The van der Waals surface area contributed by atoms with Crippen molar-refractivity contribution in [2.45, 2.75) is 20.4 Å². The predicted molar refractivity (Wildman–Crippen MR) is 106 cm³/mol. The molecule has 7 nitrogen and oxygen atoms in total. The van der Waals surface area contributed by atoms with Crippen LogP contribution in [0.15, 0.2) is 53.3 Å². The monoisotopic (exact) mass is 376 g/mol. The summed E-state index contributed by atoms with van der Waals surface area (Å²) in [4.78, 5) is 26.6. The maximum atomic E-state index is 13.2. The fourth-order valence-electron chi connectivity index (χ4n) is 3.12. The molecule has 28 heavy (non-hydrogen) atoms. The topological polar surface area (TPSA) is 84.2 Å². The number of hydrogen-bond donors (Lipinski definition) is 1. The molecule has 0 saturated heterocycles. The first kappa shape index (κ1) is 17.8. The molecule has 2 aromatic heterocycles. The van der Waals surface area contributed by atoms with Crippen molar-refractivity contribution in [2.24, 2.45) is 0 Å². The van der Waals surface area contributed by atoms with Gasteiger partial charge in [-0.15, -0.1) is 0 Å². The lowest BCUT2D eigenvalue weighted by Crippen LogP contribution is -2.30. The van der Waals surface area contributed by atoms with Gasteiger partial charge in [-0.25, -0.2) is 9.97 Å². The van der Waals surface area contributed by atoms with Crippen LogP contribution in [0.3, 0.4) is 0 Å². The molecular weight excluding hydrogens is 356 g/mol. The van der Waals surface area contributed by atoms with E-state index in [4.69, 9.17) is 9.15 Å². The molecule has 0 atom stereocenters. The van der Waals surface area contributed by atoms with Gasteiger partial charge in [-0.3, -0.25) is 4.79 Å². The van der Waals surface area contributed by atoms with E-state index >= 15 is 0 Å². The maximum Gasteiger partial charge on any atom is 0.296 e. The number of ether oxygens (including phenoxy) is 1. The van der Waals surface area contributed by atoms with E-state index in [1.165, 1.54) is 6.39 Å². The Labute approximate surface area is 162 Å². The summed E-state index contributed by atoms with van der Waals surface area (Å²) in [7, 11) is 1.62. The molecular formula is C21H20N4O3. The van der Waals surface area contributed by atoms with Crippen LogP contribution in [0.1, 0.15) is 27.6 Å². The van der Waals surface area contributed by atoms with E-state index < -0.39 is 0 Å². The van der Waals surface area contributed by atoms with Gasteiger partial charge >= 0.3 is 0 Å². The number of nitrogens with one attached hydrogen (secondary N) is 1. The molecule has 0 saturated carbocycles. The second-order valence-electron chi connectivity index (χ2n) is 6.53. The Balaban J connectivity index is 1.74. The molecule has 0 bridgehead atoms. The van der Waals surface area contributed by atoms with Crippen molar-refractivity contribution in [1.82, 2.24) is 15.0 Å². The minimum atomic E-state index is -0.249. The summed E-state index contributed by atoms with van der Waals surface area (Å²) in [5, 5.41) is 0. The number of anilines is 1. The highest BCUT2D eigenvalue weighted by Crippen LogP contribution is 2.25. The first-order valence-corrected chi connectivity index (χ1v) is 8.86. The van der Waals surface area contributed by atoms with Gasteiger partial charge in [0.1, 0.15) is 11.6 Å². The normalized spacial score (nSPS) is 11.0. The molecule has 142 valence electrons. The number of benzene rings is 2. The number of oxazole rings is 1. The van der Waals surface area contributed by atoms with Crippen LogP contribution in [0.25, 0.3) is 11.0 Å². The predicted octanol–water partition coefficient (Wildman–Crippen LogP) is 4.02. The zero-order valence-corrected chi connectivity index (χ0v) is 15.9. The average Bonchev–Trinajstić information content (AvgIpc) is 3.29. The molecule has 0 aliphatic carbocycles. The summed E-state index contributed by atoms with van der Waals surface area (Å²) < 4.78 is 10.6. The number of aromatic amines is 1. The van der Waals surface area contributed by atoms with Crippen LogP contribution < -0.4 is 9.64 Å². The van der Waals surface area contributed by atoms with E-state index in [1.54, 1.807) is 18.9 Å². The molecule has 0 unspecified atom stereocenters. The van der Waals surface area contributed by atoms with Crippen LogP contribution in [-0.4, -0.2) is 28.0 Å². The Morgan fingerprint density at radius 3 is 2.64 bits per heavy atom.